The number of primary amides is 1. The minimum Gasteiger partial charge on any atom is -0.465 e. The van der Waals surface area contributed by atoms with E-state index in [4.69, 9.17) is 10.5 Å². The van der Waals surface area contributed by atoms with Gasteiger partial charge in [-0.1, -0.05) is 0 Å². The fraction of sp³-hybridized carbons (Fsp3) is 0.286. The minimum atomic E-state index is -0.678. The number of thiophene rings is 1. The van der Waals surface area contributed by atoms with Crippen LogP contribution >= 0.6 is 27.3 Å². The number of esters is 1. The molecule has 10 heteroatoms. The zero-order valence-corrected chi connectivity index (χ0v) is 15.6. The Labute approximate surface area is 150 Å². The van der Waals surface area contributed by atoms with Crippen LogP contribution in [0.5, 0.6) is 0 Å². The van der Waals surface area contributed by atoms with Crippen molar-refractivity contribution in [3.05, 3.63) is 32.4 Å². The highest BCUT2D eigenvalue weighted by Gasteiger charge is 2.27. The Balaban J connectivity index is 2.47. The molecule has 2 aromatic rings. The third kappa shape index (κ3) is 3.20. The van der Waals surface area contributed by atoms with E-state index in [0.717, 1.165) is 11.3 Å². The molecular weight excluding hydrogens is 400 g/mol. The summed E-state index contributed by atoms with van der Waals surface area (Å²) in [5.41, 5.74) is 6.11. The molecule has 0 radical (unpaired) electrons. The Morgan fingerprint density at radius 1 is 1.46 bits per heavy atom. The molecule has 0 saturated carbocycles. The van der Waals surface area contributed by atoms with E-state index in [9.17, 15) is 14.4 Å². The Morgan fingerprint density at radius 2 is 2.12 bits per heavy atom. The van der Waals surface area contributed by atoms with E-state index in [2.05, 4.69) is 26.3 Å². The number of nitrogens with two attached hydrogens (primary N) is 1. The molecule has 2 heterocycles. The SMILES string of the molecule is CCn1ncc(Br)c1C(=O)Nc1sc(C(N)=O)c(C)c1C(=O)OC. The number of ether oxygens (including phenoxy) is 1. The molecular formula is C14H15BrN4O4S. The summed E-state index contributed by atoms with van der Waals surface area (Å²) in [5, 5.41) is 6.91. The normalized spacial score (nSPS) is 10.5. The van der Waals surface area contributed by atoms with Gasteiger partial charge >= 0.3 is 5.97 Å². The van der Waals surface area contributed by atoms with E-state index in [-0.39, 0.29) is 15.4 Å². The standard InChI is InChI=1S/C14H15BrN4O4S/c1-4-19-9(7(15)5-17-19)12(21)18-13-8(14(22)23-3)6(2)10(24-13)11(16)20/h5H,4H2,1-3H3,(H2,16,20)(H,18,21). The number of anilines is 1. The Hall–Kier alpha value is -2.20. The molecule has 0 aliphatic rings. The maximum absolute atomic E-state index is 12.6. The van der Waals surface area contributed by atoms with E-state index in [1.807, 2.05) is 6.92 Å². The quantitative estimate of drug-likeness (QED) is 0.727. The van der Waals surface area contributed by atoms with Crippen molar-refractivity contribution in [1.29, 1.82) is 0 Å². The van der Waals surface area contributed by atoms with Crippen LogP contribution in [0, 0.1) is 6.92 Å². The van der Waals surface area contributed by atoms with Gasteiger partial charge in [-0.05, 0) is 35.3 Å². The summed E-state index contributed by atoms with van der Waals surface area (Å²) in [5.74, 6) is -1.80. The minimum absolute atomic E-state index is 0.114. The number of nitrogens with one attached hydrogen (secondary N) is 1. The van der Waals surface area contributed by atoms with E-state index < -0.39 is 17.8 Å². The van der Waals surface area contributed by atoms with Crippen molar-refractivity contribution in [2.45, 2.75) is 20.4 Å². The summed E-state index contributed by atoms with van der Waals surface area (Å²) < 4.78 is 6.75. The van der Waals surface area contributed by atoms with E-state index in [0.29, 0.717) is 22.3 Å². The van der Waals surface area contributed by atoms with Crippen LogP contribution in [0.3, 0.4) is 0 Å². The second-order valence-corrected chi connectivity index (χ2v) is 6.60. The van der Waals surface area contributed by atoms with E-state index in [1.54, 1.807) is 6.92 Å². The van der Waals surface area contributed by atoms with Crippen LogP contribution in [0.25, 0.3) is 0 Å². The molecule has 0 saturated heterocycles. The highest BCUT2D eigenvalue weighted by atomic mass is 79.9. The van der Waals surface area contributed by atoms with Gasteiger partial charge in [-0.15, -0.1) is 11.3 Å². The van der Waals surface area contributed by atoms with Gasteiger partial charge in [-0.25, -0.2) is 4.79 Å². The van der Waals surface area contributed by atoms with Crippen molar-refractivity contribution in [2.24, 2.45) is 5.73 Å². The van der Waals surface area contributed by atoms with Crippen molar-refractivity contribution >= 4 is 50.1 Å². The molecule has 0 fully saturated rings. The predicted molar refractivity (Wildman–Crippen MR) is 92.5 cm³/mol. The largest absolute Gasteiger partial charge is 0.465 e. The molecule has 0 bridgehead atoms. The van der Waals surface area contributed by atoms with Gasteiger partial charge in [0.15, 0.2) is 0 Å². The third-order valence-corrected chi connectivity index (χ3v) is 5.10. The smallest absolute Gasteiger partial charge is 0.341 e. The van der Waals surface area contributed by atoms with Crippen molar-refractivity contribution in [3.8, 4) is 0 Å². The Morgan fingerprint density at radius 3 is 2.67 bits per heavy atom. The third-order valence-electron chi connectivity index (χ3n) is 3.30. The van der Waals surface area contributed by atoms with Gasteiger partial charge in [0.1, 0.15) is 10.7 Å². The number of carbonyl (C=O) groups is 3. The first kappa shape index (κ1) is 18.1. The van der Waals surface area contributed by atoms with Crippen LogP contribution in [0.15, 0.2) is 10.7 Å². The average molecular weight is 415 g/mol. The van der Waals surface area contributed by atoms with Crippen LogP contribution in [-0.2, 0) is 11.3 Å². The van der Waals surface area contributed by atoms with Gasteiger partial charge in [-0.3, -0.25) is 14.3 Å². The summed E-state index contributed by atoms with van der Waals surface area (Å²) in [4.78, 5) is 36.3. The first-order valence-corrected chi connectivity index (χ1v) is 8.46. The topological polar surface area (TPSA) is 116 Å². The van der Waals surface area contributed by atoms with Crippen molar-refractivity contribution in [2.75, 3.05) is 12.4 Å². The zero-order valence-electron chi connectivity index (χ0n) is 13.2. The van der Waals surface area contributed by atoms with Crippen LogP contribution < -0.4 is 11.1 Å². The molecule has 0 aliphatic heterocycles. The van der Waals surface area contributed by atoms with Crippen molar-refractivity contribution in [1.82, 2.24) is 9.78 Å². The number of hydrogen-bond donors (Lipinski definition) is 2. The van der Waals surface area contributed by atoms with Gasteiger partial charge in [0, 0.05) is 6.54 Å². The number of carbonyl (C=O) groups excluding carboxylic acids is 3. The molecule has 0 atom stereocenters. The molecule has 2 amide bonds. The highest BCUT2D eigenvalue weighted by Crippen LogP contribution is 2.34. The van der Waals surface area contributed by atoms with Crippen molar-refractivity contribution < 1.29 is 19.1 Å². The first-order chi connectivity index (χ1) is 11.3. The fourth-order valence-electron chi connectivity index (χ4n) is 2.17. The summed E-state index contributed by atoms with van der Waals surface area (Å²) in [6.45, 7) is 3.91. The number of aryl methyl sites for hydroxylation is 1. The lowest BCUT2D eigenvalue weighted by Gasteiger charge is -2.08. The molecule has 0 spiro atoms. The lowest BCUT2D eigenvalue weighted by Crippen LogP contribution is -2.19. The summed E-state index contributed by atoms with van der Waals surface area (Å²) in [6.07, 6.45) is 1.51. The highest BCUT2D eigenvalue weighted by molar-refractivity contribution is 9.10. The van der Waals surface area contributed by atoms with Gasteiger partial charge in [-0.2, -0.15) is 5.10 Å². The number of aromatic nitrogens is 2. The molecule has 24 heavy (non-hydrogen) atoms. The lowest BCUT2D eigenvalue weighted by molar-refractivity contribution is 0.0601. The number of halogens is 1. The molecule has 2 rings (SSSR count). The first-order valence-electron chi connectivity index (χ1n) is 6.85. The van der Waals surface area contributed by atoms with E-state index >= 15 is 0 Å². The number of amides is 2. The molecule has 8 nitrogen and oxygen atoms in total. The Bertz CT molecular complexity index is 827. The second kappa shape index (κ2) is 7.14. The van der Waals surface area contributed by atoms with Gasteiger partial charge in [0.25, 0.3) is 11.8 Å². The lowest BCUT2D eigenvalue weighted by atomic mass is 10.1. The number of methoxy groups -OCH3 is 1. The van der Waals surface area contributed by atoms with Crippen LogP contribution in [0.2, 0.25) is 0 Å². The van der Waals surface area contributed by atoms with Gasteiger partial charge < -0.3 is 15.8 Å². The Kier molecular flexibility index (Phi) is 5.40. The summed E-state index contributed by atoms with van der Waals surface area (Å²) in [6, 6.07) is 0. The van der Waals surface area contributed by atoms with Crippen LogP contribution in [0.4, 0.5) is 5.00 Å². The number of rotatable bonds is 5. The molecule has 0 unspecified atom stereocenters. The molecule has 128 valence electrons. The maximum Gasteiger partial charge on any atom is 0.341 e. The van der Waals surface area contributed by atoms with Gasteiger partial charge in [0.2, 0.25) is 0 Å². The van der Waals surface area contributed by atoms with Crippen LogP contribution in [-0.4, -0.2) is 34.7 Å². The molecule has 0 aromatic carbocycles. The summed E-state index contributed by atoms with van der Waals surface area (Å²) >= 11 is 4.20. The number of nitrogens with zero attached hydrogens (tertiary/aromatic N) is 2. The molecule has 3 N–H and O–H groups in total. The van der Waals surface area contributed by atoms with Crippen LogP contribution in [0.1, 0.15) is 43.0 Å². The van der Waals surface area contributed by atoms with E-state index in [1.165, 1.54) is 18.0 Å². The second-order valence-electron chi connectivity index (χ2n) is 4.73. The maximum atomic E-state index is 12.6. The van der Waals surface area contributed by atoms with Crippen molar-refractivity contribution in [3.63, 3.8) is 0 Å². The zero-order chi connectivity index (χ0) is 18.0. The molecule has 0 aliphatic carbocycles. The monoisotopic (exact) mass is 414 g/mol. The molecule has 2 aromatic heterocycles. The fourth-order valence-corrected chi connectivity index (χ4v) is 3.69. The average Bonchev–Trinajstić information content (AvgIpc) is 3.06. The van der Waals surface area contributed by atoms with Gasteiger partial charge in [0.05, 0.1) is 28.2 Å². The summed E-state index contributed by atoms with van der Waals surface area (Å²) in [7, 11) is 1.22. The number of hydrogen-bond acceptors (Lipinski definition) is 6. The predicted octanol–water partition coefficient (Wildman–Crippen LogP) is 2.17.